The summed E-state index contributed by atoms with van der Waals surface area (Å²) in [7, 11) is 0. The number of aromatic amines is 1. The molecule has 1 fully saturated rings. The monoisotopic (exact) mass is 284 g/mol. The van der Waals surface area contributed by atoms with Crippen molar-refractivity contribution >= 4 is 5.97 Å². The minimum atomic E-state index is -0.974. The Kier molecular flexibility index (Phi) is 3.78. The van der Waals surface area contributed by atoms with Crippen LogP contribution in [0.5, 0.6) is 0 Å². The van der Waals surface area contributed by atoms with Crippen molar-refractivity contribution in [2.75, 3.05) is 0 Å². The lowest BCUT2D eigenvalue weighted by Gasteiger charge is -2.27. The standard InChI is InChI=1S/C17H20N2O2/c1-11-6-8-12(9-7-11)13-4-2-3-5-14(13)15-10-16(17(20)21)19-18-15/h2-5,10-12H,6-9H2,1H3,(H,18,19)(H,20,21). The molecule has 4 nitrogen and oxygen atoms in total. The van der Waals surface area contributed by atoms with E-state index < -0.39 is 5.97 Å². The third kappa shape index (κ3) is 2.84. The first-order chi connectivity index (χ1) is 10.1. The molecule has 0 radical (unpaired) electrons. The fourth-order valence-electron chi connectivity index (χ4n) is 3.23. The molecule has 0 spiro atoms. The minimum Gasteiger partial charge on any atom is -0.477 e. The molecular formula is C17H20N2O2. The van der Waals surface area contributed by atoms with Gasteiger partial charge in [0, 0.05) is 5.56 Å². The van der Waals surface area contributed by atoms with Gasteiger partial charge in [0.25, 0.3) is 0 Å². The van der Waals surface area contributed by atoms with Crippen molar-refractivity contribution in [1.29, 1.82) is 0 Å². The number of nitrogens with one attached hydrogen (secondary N) is 1. The van der Waals surface area contributed by atoms with Gasteiger partial charge in [-0.1, -0.05) is 44.0 Å². The molecule has 3 rings (SSSR count). The number of carbonyl (C=O) groups is 1. The molecule has 4 heteroatoms. The van der Waals surface area contributed by atoms with E-state index in [9.17, 15) is 4.79 Å². The molecular weight excluding hydrogens is 264 g/mol. The van der Waals surface area contributed by atoms with Crippen molar-refractivity contribution < 1.29 is 9.90 Å². The number of H-pyrrole nitrogens is 1. The number of hydrogen-bond acceptors (Lipinski definition) is 2. The fraction of sp³-hybridized carbons (Fsp3) is 0.412. The third-order valence-electron chi connectivity index (χ3n) is 4.50. The lowest BCUT2D eigenvalue weighted by atomic mass is 9.78. The Hall–Kier alpha value is -2.10. The molecule has 2 aromatic rings. The second kappa shape index (κ2) is 5.72. The highest BCUT2D eigenvalue weighted by molar-refractivity contribution is 5.87. The number of aromatic nitrogens is 2. The summed E-state index contributed by atoms with van der Waals surface area (Å²) < 4.78 is 0. The number of hydrogen-bond donors (Lipinski definition) is 2. The summed E-state index contributed by atoms with van der Waals surface area (Å²) in [6.45, 7) is 2.31. The van der Waals surface area contributed by atoms with Gasteiger partial charge in [-0.3, -0.25) is 5.10 Å². The van der Waals surface area contributed by atoms with Crippen molar-refractivity contribution in [3.8, 4) is 11.3 Å². The van der Waals surface area contributed by atoms with Crippen LogP contribution in [0.2, 0.25) is 0 Å². The highest BCUT2D eigenvalue weighted by Gasteiger charge is 2.23. The van der Waals surface area contributed by atoms with Crippen LogP contribution in [0.25, 0.3) is 11.3 Å². The van der Waals surface area contributed by atoms with E-state index in [1.165, 1.54) is 31.2 Å². The molecule has 1 aromatic carbocycles. The number of rotatable bonds is 3. The molecule has 1 aliphatic rings. The topological polar surface area (TPSA) is 66.0 Å². The zero-order valence-corrected chi connectivity index (χ0v) is 12.2. The summed E-state index contributed by atoms with van der Waals surface area (Å²) in [6.07, 6.45) is 4.93. The first kappa shape index (κ1) is 13.9. The van der Waals surface area contributed by atoms with Gasteiger partial charge < -0.3 is 5.11 Å². The molecule has 1 heterocycles. The largest absolute Gasteiger partial charge is 0.477 e. The Balaban J connectivity index is 1.93. The summed E-state index contributed by atoms with van der Waals surface area (Å²) in [5.41, 5.74) is 3.22. The summed E-state index contributed by atoms with van der Waals surface area (Å²) in [4.78, 5) is 11.0. The first-order valence-corrected chi connectivity index (χ1v) is 7.53. The molecule has 2 N–H and O–H groups in total. The number of benzene rings is 1. The van der Waals surface area contributed by atoms with Crippen molar-refractivity contribution in [3.05, 3.63) is 41.6 Å². The van der Waals surface area contributed by atoms with Gasteiger partial charge in [0.2, 0.25) is 0 Å². The average molecular weight is 284 g/mol. The summed E-state index contributed by atoms with van der Waals surface area (Å²) in [5.74, 6) is 0.400. The van der Waals surface area contributed by atoms with Crippen LogP contribution in [-0.2, 0) is 0 Å². The molecule has 1 aromatic heterocycles. The van der Waals surface area contributed by atoms with E-state index in [0.717, 1.165) is 17.2 Å². The number of carboxylic acids is 1. The minimum absolute atomic E-state index is 0.136. The summed E-state index contributed by atoms with van der Waals surface area (Å²) in [6, 6.07) is 9.86. The van der Waals surface area contributed by atoms with Gasteiger partial charge in [-0.15, -0.1) is 0 Å². The summed E-state index contributed by atoms with van der Waals surface area (Å²) in [5, 5.41) is 15.8. The number of nitrogens with zero attached hydrogens (tertiary/aromatic N) is 1. The first-order valence-electron chi connectivity index (χ1n) is 7.53. The van der Waals surface area contributed by atoms with E-state index in [1.807, 2.05) is 12.1 Å². The van der Waals surface area contributed by atoms with Gasteiger partial charge in [0.1, 0.15) is 5.69 Å². The maximum Gasteiger partial charge on any atom is 0.353 e. The number of aromatic carboxylic acids is 1. The van der Waals surface area contributed by atoms with Gasteiger partial charge in [-0.25, -0.2) is 4.79 Å². The van der Waals surface area contributed by atoms with Crippen LogP contribution in [0.1, 0.15) is 54.6 Å². The summed E-state index contributed by atoms with van der Waals surface area (Å²) >= 11 is 0. The molecule has 21 heavy (non-hydrogen) atoms. The smallest absolute Gasteiger partial charge is 0.353 e. The third-order valence-corrected chi connectivity index (χ3v) is 4.50. The SMILES string of the molecule is CC1CCC(c2ccccc2-c2cc(C(=O)O)[nH]n2)CC1. The van der Waals surface area contributed by atoms with Crippen LogP contribution >= 0.6 is 0 Å². The molecule has 110 valence electrons. The maximum absolute atomic E-state index is 11.0. The van der Waals surface area contributed by atoms with Crippen molar-refractivity contribution in [3.63, 3.8) is 0 Å². The molecule has 0 aliphatic heterocycles. The zero-order valence-electron chi connectivity index (χ0n) is 12.2. The van der Waals surface area contributed by atoms with Gasteiger partial charge in [-0.2, -0.15) is 5.10 Å². The predicted octanol–water partition coefficient (Wildman–Crippen LogP) is 4.07. The molecule has 1 aliphatic carbocycles. The Bertz CT molecular complexity index is 640. The van der Waals surface area contributed by atoms with Crippen LogP contribution < -0.4 is 0 Å². The van der Waals surface area contributed by atoms with Crippen LogP contribution in [0.15, 0.2) is 30.3 Å². The van der Waals surface area contributed by atoms with Crippen LogP contribution in [-0.4, -0.2) is 21.3 Å². The zero-order chi connectivity index (χ0) is 14.8. The molecule has 0 unspecified atom stereocenters. The Morgan fingerprint density at radius 3 is 2.62 bits per heavy atom. The second-order valence-corrected chi connectivity index (χ2v) is 6.02. The predicted molar refractivity (Wildman–Crippen MR) is 81.4 cm³/mol. The molecule has 0 amide bonds. The lowest BCUT2D eigenvalue weighted by molar-refractivity contribution is 0.0690. The van der Waals surface area contributed by atoms with E-state index in [4.69, 9.17) is 5.11 Å². The van der Waals surface area contributed by atoms with Crippen LogP contribution in [0, 0.1) is 5.92 Å². The second-order valence-electron chi connectivity index (χ2n) is 6.02. The number of carboxylic acid groups (broad SMARTS) is 1. The van der Waals surface area contributed by atoms with E-state index in [0.29, 0.717) is 5.92 Å². The van der Waals surface area contributed by atoms with E-state index in [-0.39, 0.29) is 5.69 Å². The van der Waals surface area contributed by atoms with Gasteiger partial charge in [0.15, 0.2) is 0 Å². The van der Waals surface area contributed by atoms with E-state index >= 15 is 0 Å². The van der Waals surface area contributed by atoms with Crippen molar-refractivity contribution in [2.24, 2.45) is 5.92 Å². The lowest BCUT2D eigenvalue weighted by Crippen LogP contribution is -2.11. The van der Waals surface area contributed by atoms with Gasteiger partial charge in [-0.05, 0) is 36.3 Å². The molecule has 1 saturated carbocycles. The Morgan fingerprint density at radius 1 is 1.24 bits per heavy atom. The molecule has 0 bridgehead atoms. The van der Waals surface area contributed by atoms with Crippen molar-refractivity contribution in [1.82, 2.24) is 10.2 Å². The highest BCUT2D eigenvalue weighted by atomic mass is 16.4. The van der Waals surface area contributed by atoms with Crippen molar-refractivity contribution in [2.45, 2.75) is 38.5 Å². The van der Waals surface area contributed by atoms with Gasteiger partial charge in [0.05, 0.1) is 5.69 Å². The van der Waals surface area contributed by atoms with Crippen LogP contribution in [0.3, 0.4) is 0 Å². The molecule has 0 atom stereocenters. The Labute approximate surface area is 124 Å². The molecule has 0 saturated heterocycles. The quantitative estimate of drug-likeness (QED) is 0.893. The Morgan fingerprint density at radius 2 is 1.95 bits per heavy atom. The van der Waals surface area contributed by atoms with Crippen LogP contribution in [0.4, 0.5) is 0 Å². The fourth-order valence-corrected chi connectivity index (χ4v) is 3.23. The van der Waals surface area contributed by atoms with E-state index in [2.05, 4.69) is 29.3 Å². The maximum atomic E-state index is 11.0. The highest BCUT2D eigenvalue weighted by Crippen LogP contribution is 2.39. The van der Waals surface area contributed by atoms with E-state index in [1.54, 1.807) is 6.07 Å². The average Bonchev–Trinajstić information content (AvgIpc) is 2.98. The van der Waals surface area contributed by atoms with Gasteiger partial charge >= 0.3 is 5.97 Å². The normalized spacial score (nSPS) is 22.1.